The number of guanidine groups is 1. The van der Waals surface area contributed by atoms with Crippen molar-refractivity contribution < 1.29 is 0 Å². The van der Waals surface area contributed by atoms with Gasteiger partial charge < -0.3 is 10.6 Å². The van der Waals surface area contributed by atoms with E-state index >= 15 is 0 Å². The molecule has 1 fully saturated rings. The van der Waals surface area contributed by atoms with E-state index in [1.54, 1.807) is 7.05 Å². The van der Waals surface area contributed by atoms with Gasteiger partial charge in [0.05, 0.1) is 11.9 Å². The van der Waals surface area contributed by atoms with E-state index in [0.717, 1.165) is 22.2 Å². The molecule has 0 bridgehead atoms. The maximum Gasteiger partial charge on any atom is 0.191 e. The molecule has 1 aromatic heterocycles. The van der Waals surface area contributed by atoms with Crippen LogP contribution in [0.25, 0.3) is 5.69 Å². The van der Waals surface area contributed by atoms with Gasteiger partial charge >= 0.3 is 0 Å². The molecule has 3 rings (SSSR count). The van der Waals surface area contributed by atoms with Crippen LogP contribution in [0.1, 0.15) is 31.2 Å². The van der Waals surface area contributed by atoms with Gasteiger partial charge in [0.25, 0.3) is 0 Å². The number of nitrogens with one attached hydrogen (secondary N) is 2. The number of benzene rings is 1. The fraction of sp³-hybridized carbons (Fsp3) is 0.412. The summed E-state index contributed by atoms with van der Waals surface area (Å²) in [5, 5.41) is 12.0. The Morgan fingerprint density at radius 3 is 2.67 bits per heavy atom. The second-order valence-electron chi connectivity index (χ2n) is 5.82. The van der Waals surface area contributed by atoms with Gasteiger partial charge in [-0.05, 0) is 37.1 Å². The Morgan fingerprint density at radius 1 is 1.29 bits per heavy atom. The molecule has 0 atom stereocenters. The lowest BCUT2D eigenvalue weighted by Gasteiger charge is -2.16. The smallest absolute Gasteiger partial charge is 0.191 e. The standard InChI is InChI=1S/C17H22ClN5.HI/c1-19-17(22-15-4-2-3-5-15)20-10-13-11-21-23(12-13)16-8-6-14(18)7-9-16;/h6-9,11-12,15H,2-5,10H2,1H3,(H2,19,20,22);1H. The highest BCUT2D eigenvalue weighted by Gasteiger charge is 2.15. The minimum atomic E-state index is 0. The van der Waals surface area contributed by atoms with E-state index in [2.05, 4.69) is 20.7 Å². The van der Waals surface area contributed by atoms with Crippen molar-refractivity contribution >= 4 is 41.5 Å². The maximum absolute atomic E-state index is 5.91. The number of nitrogens with zero attached hydrogens (tertiary/aromatic N) is 3. The van der Waals surface area contributed by atoms with Gasteiger partial charge in [0.15, 0.2) is 5.96 Å². The van der Waals surface area contributed by atoms with Gasteiger partial charge in [-0.1, -0.05) is 24.4 Å². The van der Waals surface area contributed by atoms with Crippen LogP contribution in [0.5, 0.6) is 0 Å². The summed E-state index contributed by atoms with van der Waals surface area (Å²) in [5.74, 6) is 0.858. The Morgan fingerprint density at radius 2 is 2.00 bits per heavy atom. The third-order valence-electron chi connectivity index (χ3n) is 4.11. The molecule has 0 radical (unpaired) electrons. The normalized spacial score (nSPS) is 15.2. The SMILES string of the molecule is CN=C(NCc1cnn(-c2ccc(Cl)cc2)c1)NC1CCCC1.I. The summed E-state index contributed by atoms with van der Waals surface area (Å²) in [6.45, 7) is 0.694. The van der Waals surface area contributed by atoms with Gasteiger partial charge in [-0.15, -0.1) is 24.0 Å². The van der Waals surface area contributed by atoms with Crippen molar-refractivity contribution in [3.8, 4) is 5.69 Å². The van der Waals surface area contributed by atoms with Crippen molar-refractivity contribution in [1.29, 1.82) is 0 Å². The van der Waals surface area contributed by atoms with E-state index < -0.39 is 0 Å². The monoisotopic (exact) mass is 459 g/mol. The van der Waals surface area contributed by atoms with E-state index in [1.807, 2.05) is 41.3 Å². The summed E-state index contributed by atoms with van der Waals surface area (Å²) in [7, 11) is 1.81. The van der Waals surface area contributed by atoms with Gasteiger partial charge in [-0.3, -0.25) is 4.99 Å². The fourth-order valence-corrected chi connectivity index (χ4v) is 2.96. The molecular weight excluding hydrogens is 437 g/mol. The van der Waals surface area contributed by atoms with Crippen molar-refractivity contribution in [2.24, 2.45) is 4.99 Å². The minimum absolute atomic E-state index is 0. The number of rotatable bonds is 4. The molecule has 0 amide bonds. The Hall–Kier alpha value is -1.28. The summed E-state index contributed by atoms with van der Waals surface area (Å²) in [5.41, 5.74) is 2.10. The van der Waals surface area contributed by atoms with Gasteiger partial charge in [-0.2, -0.15) is 5.10 Å². The molecule has 2 N–H and O–H groups in total. The van der Waals surface area contributed by atoms with Crippen molar-refractivity contribution in [3.63, 3.8) is 0 Å². The Bertz CT molecular complexity index is 662. The number of hydrogen-bond donors (Lipinski definition) is 2. The molecule has 0 unspecified atom stereocenters. The zero-order valence-electron chi connectivity index (χ0n) is 13.7. The van der Waals surface area contributed by atoms with E-state index in [9.17, 15) is 0 Å². The zero-order chi connectivity index (χ0) is 16.1. The molecule has 0 aliphatic heterocycles. The quantitative estimate of drug-likeness (QED) is 0.416. The fourth-order valence-electron chi connectivity index (χ4n) is 2.83. The van der Waals surface area contributed by atoms with Crippen LogP contribution < -0.4 is 10.6 Å². The number of aromatic nitrogens is 2. The first-order valence-electron chi connectivity index (χ1n) is 8.01. The predicted octanol–water partition coefficient (Wildman–Crippen LogP) is 3.75. The Balaban J connectivity index is 0.00000208. The van der Waals surface area contributed by atoms with Crippen LogP contribution in [-0.4, -0.2) is 28.8 Å². The van der Waals surface area contributed by atoms with Crippen LogP contribution in [0.2, 0.25) is 5.02 Å². The summed E-state index contributed by atoms with van der Waals surface area (Å²) in [6.07, 6.45) is 8.96. The summed E-state index contributed by atoms with van der Waals surface area (Å²) < 4.78 is 1.85. The Labute approximate surface area is 164 Å². The molecule has 1 heterocycles. The predicted molar refractivity (Wildman–Crippen MR) is 110 cm³/mol. The molecule has 2 aromatic rings. The molecule has 1 saturated carbocycles. The molecule has 5 nitrogen and oxygen atoms in total. The van der Waals surface area contributed by atoms with E-state index in [0.29, 0.717) is 12.6 Å². The summed E-state index contributed by atoms with van der Waals surface area (Å²) in [6, 6.07) is 8.19. The van der Waals surface area contributed by atoms with Crippen molar-refractivity contribution in [2.45, 2.75) is 38.3 Å². The van der Waals surface area contributed by atoms with Crippen LogP contribution in [0.15, 0.2) is 41.7 Å². The van der Waals surface area contributed by atoms with Crippen LogP contribution in [0.3, 0.4) is 0 Å². The summed E-state index contributed by atoms with van der Waals surface area (Å²) in [4.78, 5) is 4.29. The lowest BCUT2D eigenvalue weighted by Crippen LogP contribution is -2.41. The average molecular weight is 460 g/mol. The molecule has 1 aliphatic carbocycles. The molecule has 0 saturated heterocycles. The second kappa shape index (κ2) is 9.27. The number of halogens is 2. The van der Waals surface area contributed by atoms with Crippen LogP contribution in [0, 0.1) is 0 Å². The molecule has 1 aliphatic rings. The van der Waals surface area contributed by atoms with Crippen LogP contribution >= 0.6 is 35.6 Å². The highest BCUT2D eigenvalue weighted by molar-refractivity contribution is 14.0. The van der Waals surface area contributed by atoms with Crippen molar-refractivity contribution in [2.75, 3.05) is 7.05 Å². The van der Waals surface area contributed by atoms with Gasteiger partial charge in [-0.25, -0.2) is 4.68 Å². The van der Waals surface area contributed by atoms with Crippen molar-refractivity contribution in [1.82, 2.24) is 20.4 Å². The summed E-state index contributed by atoms with van der Waals surface area (Å²) >= 11 is 5.91. The average Bonchev–Trinajstić information content (AvgIpc) is 3.24. The third-order valence-corrected chi connectivity index (χ3v) is 4.36. The third kappa shape index (κ3) is 5.11. The lowest BCUT2D eigenvalue weighted by atomic mass is 10.2. The van der Waals surface area contributed by atoms with Gasteiger partial charge in [0.1, 0.15) is 0 Å². The molecule has 130 valence electrons. The minimum Gasteiger partial charge on any atom is -0.354 e. The van der Waals surface area contributed by atoms with E-state index in [-0.39, 0.29) is 24.0 Å². The Kier molecular flexibility index (Phi) is 7.36. The van der Waals surface area contributed by atoms with E-state index in [4.69, 9.17) is 11.6 Å². The van der Waals surface area contributed by atoms with Gasteiger partial charge in [0, 0.05) is 36.4 Å². The molecule has 1 aromatic carbocycles. The first kappa shape index (κ1) is 19.1. The highest BCUT2D eigenvalue weighted by atomic mass is 127. The molecule has 24 heavy (non-hydrogen) atoms. The zero-order valence-corrected chi connectivity index (χ0v) is 16.8. The van der Waals surface area contributed by atoms with Gasteiger partial charge in [0.2, 0.25) is 0 Å². The maximum atomic E-state index is 5.91. The highest BCUT2D eigenvalue weighted by Crippen LogP contribution is 2.17. The topological polar surface area (TPSA) is 54.2 Å². The first-order valence-corrected chi connectivity index (χ1v) is 8.39. The largest absolute Gasteiger partial charge is 0.354 e. The molecule has 0 spiro atoms. The van der Waals surface area contributed by atoms with Crippen molar-refractivity contribution in [3.05, 3.63) is 47.2 Å². The molecular formula is C17H23ClIN5. The van der Waals surface area contributed by atoms with Crippen LogP contribution in [0.4, 0.5) is 0 Å². The number of aliphatic imine (C=N–C) groups is 1. The lowest BCUT2D eigenvalue weighted by molar-refractivity contribution is 0.613. The van der Waals surface area contributed by atoms with Crippen LogP contribution in [-0.2, 0) is 6.54 Å². The first-order chi connectivity index (χ1) is 11.2. The second-order valence-corrected chi connectivity index (χ2v) is 6.26. The number of hydrogen-bond acceptors (Lipinski definition) is 2. The van der Waals surface area contributed by atoms with E-state index in [1.165, 1.54) is 25.7 Å². The molecule has 7 heteroatoms.